The average Bonchev–Trinajstić information content (AvgIpc) is 2.79. The minimum Gasteiger partial charge on any atom is -0.367 e. The third-order valence-corrected chi connectivity index (χ3v) is 5.86. The first-order valence-electron chi connectivity index (χ1n) is 10.7. The minimum atomic E-state index is -0.576. The number of primary amides is 1. The van der Waals surface area contributed by atoms with E-state index in [0.717, 1.165) is 24.2 Å². The van der Waals surface area contributed by atoms with Crippen molar-refractivity contribution >= 4 is 29.1 Å². The predicted octanol–water partition coefficient (Wildman–Crippen LogP) is 5.39. The van der Waals surface area contributed by atoms with Gasteiger partial charge in [-0.1, -0.05) is 43.0 Å². The van der Waals surface area contributed by atoms with Crippen LogP contribution in [0.4, 0.5) is 16.0 Å². The number of anilines is 2. The molecule has 166 valence electrons. The van der Waals surface area contributed by atoms with Crippen molar-refractivity contribution in [3.63, 3.8) is 0 Å². The smallest absolute Gasteiger partial charge is 0.248 e. The first kappa shape index (κ1) is 22.0. The summed E-state index contributed by atoms with van der Waals surface area (Å²) < 4.78 is 13.5. The molecule has 1 amide bonds. The number of rotatable bonds is 7. The molecular weight excluding hydrogens is 429 g/mol. The number of nitrogens with two attached hydrogens (primary N) is 1. The highest BCUT2D eigenvalue weighted by Gasteiger charge is 2.16. The monoisotopic (exact) mass is 453 g/mol. The van der Waals surface area contributed by atoms with Gasteiger partial charge in [-0.05, 0) is 48.7 Å². The van der Waals surface area contributed by atoms with Crippen LogP contribution < -0.4 is 16.4 Å². The molecule has 2 heterocycles. The fourth-order valence-electron chi connectivity index (χ4n) is 3.91. The van der Waals surface area contributed by atoms with Crippen molar-refractivity contribution in [3.05, 3.63) is 70.6 Å². The van der Waals surface area contributed by atoms with E-state index in [2.05, 4.69) is 20.6 Å². The molecule has 0 aliphatic heterocycles. The Kier molecular flexibility index (Phi) is 6.85. The van der Waals surface area contributed by atoms with Crippen molar-refractivity contribution < 1.29 is 9.18 Å². The molecule has 4 rings (SSSR count). The summed E-state index contributed by atoms with van der Waals surface area (Å²) in [5.74, 6) is 0.269. The van der Waals surface area contributed by atoms with Gasteiger partial charge < -0.3 is 16.4 Å². The molecule has 1 fully saturated rings. The van der Waals surface area contributed by atoms with Gasteiger partial charge in [-0.2, -0.15) is 0 Å². The van der Waals surface area contributed by atoms with E-state index < -0.39 is 5.91 Å². The lowest BCUT2D eigenvalue weighted by atomic mass is 9.95. The summed E-state index contributed by atoms with van der Waals surface area (Å²) in [6.45, 7) is 0.338. The van der Waals surface area contributed by atoms with Gasteiger partial charge in [0.15, 0.2) is 0 Å². The normalized spacial score (nSPS) is 14.2. The molecule has 0 atom stereocenters. The number of hydrogen-bond acceptors (Lipinski definition) is 5. The number of pyridine rings is 2. The predicted molar refractivity (Wildman–Crippen MR) is 125 cm³/mol. The van der Waals surface area contributed by atoms with Gasteiger partial charge >= 0.3 is 0 Å². The van der Waals surface area contributed by atoms with Crippen LogP contribution in [0, 0.1) is 5.82 Å². The first-order chi connectivity index (χ1) is 15.5. The van der Waals surface area contributed by atoms with Crippen molar-refractivity contribution in [2.75, 3.05) is 10.6 Å². The summed E-state index contributed by atoms with van der Waals surface area (Å²) in [5, 5.41) is 7.04. The molecule has 0 saturated heterocycles. The summed E-state index contributed by atoms with van der Waals surface area (Å²) in [7, 11) is 0. The SMILES string of the molecule is NC(=O)c1cc(NCc2cccc(F)c2)nc(-c2cc(NC3CCCCC3)ncc2Cl)c1. The van der Waals surface area contributed by atoms with Crippen LogP contribution in [0.25, 0.3) is 11.3 Å². The van der Waals surface area contributed by atoms with Crippen LogP contribution in [0.1, 0.15) is 48.0 Å². The van der Waals surface area contributed by atoms with E-state index in [-0.39, 0.29) is 5.82 Å². The van der Waals surface area contributed by atoms with E-state index in [1.54, 1.807) is 30.5 Å². The van der Waals surface area contributed by atoms with Gasteiger partial charge in [0.2, 0.25) is 5.91 Å². The van der Waals surface area contributed by atoms with Gasteiger partial charge in [0, 0.05) is 29.9 Å². The Balaban J connectivity index is 1.61. The Hall–Kier alpha value is -3.19. The highest BCUT2D eigenvalue weighted by Crippen LogP contribution is 2.31. The van der Waals surface area contributed by atoms with E-state index >= 15 is 0 Å². The topological polar surface area (TPSA) is 92.9 Å². The Morgan fingerprint density at radius 1 is 1.12 bits per heavy atom. The maximum Gasteiger partial charge on any atom is 0.248 e. The highest BCUT2D eigenvalue weighted by atomic mass is 35.5. The van der Waals surface area contributed by atoms with E-state index in [1.165, 1.54) is 31.4 Å². The molecule has 2 aromatic heterocycles. The lowest BCUT2D eigenvalue weighted by Crippen LogP contribution is -2.22. The summed E-state index contributed by atoms with van der Waals surface area (Å²) in [6, 6.07) is 11.7. The molecule has 0 radical (unpaired) electrons. The minimum absolute atomic E-state index is 0.298. The van der Waals surface area contributed by atoms with Crippen molar-refractivity contribution in [1.82, 2.24) is 9.97 Å². The zero-order valence-electron chi connectivity index (χ0n) is 17.6. The van der Waals surface area contributed by atoms with Crippen molar-refractivity contribution in [1.29, 1.82) is 0 Å². The molecule has 0 unspecified atom stereocenters. The van der Waals surface area contributed by atoms with E-state index in [0.29, 0.717) is 40.2 Å². The lowest BCUT2D eigenvalue weighted by Gasteiger charge is -2.23. The maximum absolute atomic E-state index is 13.5. The molecule has 3 aromatic rings. The van der Waals surface area contributed by atoms with Crippen LogP contribution in [0.3, 0.4) is 0 Å². The second-order valence-corrected chi connectivity index (χ2v) is 8.41. The summed E-state index contributed by atoms with van der Waals surface area (Å²) >= 11 is 6.44. The molecule has 0 spiro atoms. The Labute approximate surface area is 191 Å². The number of benzene rings is 1. The molecule has 1 aliphatic rings. The Morgan fingerprint density at radius 2 is 1.94 bits per heavy atom. The van der Waals surface area contributed by atoms with E-state index in [1.807, 2.05) is 6.07 Å². The molecule has 6 nitrogen and oxygen atoms in total. The quantitative estimate of drug-likeness (QED) is 0.446. The van der Waals surface area contributed by atoms with E-state index in [9.17, 15) is 9.18 Å². The van der Waals surface area contributed by atoms with Gasteiger partial charge in [0.05, 0.1) is 10.7 Å². The lowest BCUT2D eigenvalue weighted by molar-refractivity contribution is 0.1000. The number of nitrogens with zero attached hydrogens (tertiary/aromatic N) is 2. The summed E-state index contributed by atoms with van der Waals surface area (Å²) in [5.41, 5.74) is 7.74. The number of halogens is 2. The van der Waals surface area contributed by atoms with Gasteiger partial charge in [0.25, 0.3) is 0 Å². The zero-order valence-corrected chi connectivity index (χ0v) is 18.3. The highest BCUT2D eigenvalue weighted by molar-refractivity contribution is 6.33. The first-order valence-corrected chi connectivity index (χ1v) is 11.1. The molecular formula is C24H25ClFN5O. The summed E-state index contributed by atoms with van der Waals surface area (Å²) in [6.07, 6.45) is 7.50. The number of carbonyl (C=O) groups is 1. The van der Waals surface area contributed by atoms with Gasteiger partial charge in [0.1, 0.15) is 17.5 Å². The van der Waals surface area contributed by atoms with Crippen LogP contribution in [-0.4, -0.2) is 21.9 Å². The second-order valence-electron chi connectivity index (χ2n) is 8.00. The van der Waals surface area contributed by atoms with Crippen molar-refractivity contribution in [2.45, 2.75) is 44.7 Å². The average molecular weight is 454 g/mol. The molecule has 4 N–H and O–H groups in total. The molecule has 0 bridgehead atoms. The molecule has 32 heavy (non-hydrogen) atoms. The standard InChI is InChI=1S/C24H25ClFN5O/c25-20-14-29-23(30-18-7-2-1-3-8-18)12-19(20)21-10-16(24(27)32)11-22(31-21)28-13-15-5-4-6-17(26)9-15/h4-6,9-12,14,18H,1-3,7-8,13H2,(H2,27,32)(H,28,31)(H,29,30). The Morgan fingerprint density at radius 3 is 2.69 bits per heavy atom. The van der Waals surface area contributed by atoms with Crippen LogP contribution in [0.2, 0.25) is 5.02 Å². The van der Waals surface area contributed by atoms with Crippen LogP contribution in [0.5, 0.6) is 0 Å². The number of carbonyl (C=O) groups excluding carboxylic acids is 1. The van der Waals surface area contributed by atoms with Crippen molar-refractivity contribution in [3.8, 4) is 11.3 Å². The Bertz CT molecular complexity index is 1120. The molecule has 1 aliphatic carbocycles. The van der Waals surface area contributed by atoms with Gasteiger partial charge in [-0.15, -0.1) is 0 Å². The fraction of sp³-hybridized carbons (Fsp3) is 0.292. The molecule has 1 aromatic carbocycles. The van der Waals surface area contributed by atoms with Crippen molar-refractivity contribution in [2.24, 2.45) is 5.73 Å². The zero-order chi connectivity index (χ0) is 22.5. The molecule has 1 saturated carbocycles. The summed E-state index contributed by atoms with van der Waals surface area (Å²) in [4.78, 5) is 21.0. The maximum atomic E-state index is 13.5. The van der Waals surface area contributed by atoms with Gasteiger partial charge in [-0.25, -0.2) is 14.4 Å². The largest absolute Gasteiger partial charge is 0.367 e. The van der Waals surface area contributed by atoms with E-state index in [4.69, 9.17) is 17.3 Å². The number of nitrogens with one attached hydrogen (secondary N) is 2. The number of amides is 1. The number of aromatic nitrogens is 2. The fourth-order valence-corrected chi connectivity index (χ4v) is 4.11. The number of hydrogen-bond donors (Lipinski definition) is 3. The molecule has 8 heteroatoms. The van der Waals surface area contributed by atoms with Crippen LogP contribution in [-0.2, 0) is 6.54 Å². The second kappa shape index (κ2) is 9.96. The van der Waals surface area contributed by atoms with Gasteiger partial charge in [-0.3, -0.25) is 4.79 Å². The third kappa shape index (κ3) is 5.53. The van der Waals surface area contributed by atoms with Crippen LogP contribution >= 0.6 is 11.6 Å². The van der Waals surface area contributed by atoms with Crippen LogP contribution in [0.15, 0.2) is 48.7 Å². The third-order valence-electron chi connectivity index (χ3n) is 5.56.